The third-order valence-electron chi connectivity index (χ3n) is 4.87. The van der Waals surface area contributed by atoms with Crippen molar-refractivity contribution >= 4 is 17.5 Å². The van der Waals surface area contributed by atoms with Crippen molar-refractivity contribution < 1.29 is 9.21 Å². The van der Waals surface area contributed by atoms with Gasteiger partial charge in [0.05, 0.1) is 12.0 Å². The molecule has 0 fully saturated rings. The van der Waals surface area contributed by atoms with Gasteiger partial charge in [-0.3, -0.25) is 4.79 Å². The number of amides is 1. The Morgan fingerprint density at radius 3 is 2.57 bits per heavy atom. The quantitative estimate of drug-likeness (QED) is 0.428. The zero-order valence-electron chi connectivity index (χ0n) is 16.6. The first-order valence-corrected chi connectivity index (χ1v) is 10.2. The van der Waals surface area contributed by atoms with Gasteiger partial charge >= 0.3 is 0 Å². The van der Waals surface area contributed by atoms with E-state index < -0.39 is 0 Å². The fraction of sp³-hybridized carbons (Fsp3) is 0.167. The Labute approximate surface area is 180 Å². The van der Waals surface area contributed by atoms with Crippen LogP contribution >= 0.6 is 11.6 Å². The summed E-state index contributed by atoms with van der Waals surface area (Å²) in [4.78, 5) is 13.1. The summed E-state index contributed by atoms with van der Waals surface area (Å²) in [6, 6.07) is 22.8. The molecule has 2 aromatic carbocycles. The van der Waals surface area contributed by atoms with Crippen LogP contribution in [0.4, 0.5) is 0 Å². The largest absolute Gasteiger partial charge is 0.463 e. The number of hydrogen-bond acceptors (Lipinski definition) is 3. The summed E-state index contributed by atoms with van der Waals surface area (Å²) < 4.78 is 7.08. The van der Waals surface area contributed by atoms with E-state index in [9.17, 15) is 4.79 Å². The second-order valence-corrected chi connectivity index (χ2v) is 7.62. The second-order valence-electron chi connectivity index (χ2n) is 7.18. The molecule has 0 bridgehead atoms. The molecule has 1 N–H and O–H groups in total. The maximum Gasteiger partial charge on any atom is 0.270 e. The smallest absolute Gasteiger partial charge is 0.270 e. The molecule has 1 atom stereocenters. The van der Waals surface area contributed by atoms with Crippen LogP contribution in [0.3, 0.4) is 0 Å². The zero-order chi connectivity index (χ0) is 20.9. The average Bonchev–Trinajstić information content (AvgIpc) is 3.43. The van der Waals surface area contributed by atoms with E-state index in [1.807, 2.05) is 43.3 Å². The maximum atomic E-state index is 13.1. The van der Waals surface area contributed by atoms with Crippen LogP contribution in [0.1, 0.15) is 29.4 Å². The van der Waals surface area contributed by atoms with Gasteiger partial charge < -0.3 is 9.73 Å². The minimum atomic E-state index is -0.184. The number of nitrogens with zero attached hydrogens (tertiary/aromatic N) is 2. The second kappa shape index (κ2) is 9.01. The number of furan rings is 1. The molecule has 152 valence electrons. The van der Waals surface area contributed by atoms with E-state index in [-0.39, 0.29) is 11.9 Å². The summed E-state index contributed by atoms with van der Waals surface area (Å²) in [5.41, 5.74) is 3.04. The first-order chi connectivity index (χ1) is 14.6. The molecule has 1 amide bonds. The summed E-state index contributed by atoms with van der Waals surface area (Å²) in [6.07, 6.45) is 3.33. The topological polar surface area (TPSA) is 60.1 Å². The van der Waals surface area contributed by atoms with Crippen LogP contribution in [-0.2, 0) is 6.42 Å². The molecule has 0 aliphatic carbocycles. The van der Waals surface area contributed by atoms with E-state index >= 15 is 0 Å². The number of rotatable bonds is 7. The minimum Gasteiger partial charge on any atom is -0.463 e. The van der Waals surface area contributed by atoms with Crippen LogP contribution in [0.15, 0.2) is 83.5 Å². The molecule has 2 aromatic heterocycles. The lowest BCUT2D eigenvalue weighted by Crippen LogP contribution is -2.34. The lowest BCUT2D eigenvalue weighted by atomic mass is 10.1. The lowest BCUT2D eigenvalue weighted by Gasteiger charge is -2.14. The number of carbonyl (C=O) groups excluding carboxylic acids is 1. The summed E-state index contributed by atoms with van der Waals surface area (Å²) in [5.74, 6) is 0.421. The van der Waals surface area contributed by atoms with Crippen molar-refractivity contribution in [2.75, 3.05) is 0 Å². The van der Waals surface area contributed by atoms with Gasteiger partial charge in [-0.05, 0) is 61.7 Å². The fourth-order valence-corrected chi connectivity index (χ4v) is 3.39. The van der Waals surface area contributed by atoms with E-state index in [0.29, 0.717) is 22.2 Å². The number of aromatic nitrogens is 2. The van der Waals surface area contributed by atoms with Crippen LogP contribution < -0.4 is 5.32 Å². The standard InChI is InChI=1S/C24H22ClN3O2/c1-17(9-10-18-6-3-2-4-7-18)26-24(29)22-16-21(23-8-5-15-30-23)27-28(22)20-13-11-19(25)12-14-20/h2-8,11-17H,9-10H2,1H3,(H,26,29)/t17-/m1/s1. The predicted molar refractivity (Wildman–Crippen MR) is 118 cm³/mol. The Morgan fingerprint density at radius 1 is 1.10 bits per heavy atom. The SMILES string of the molecule is C[C@H](CCc1ccccc1)NC(=O)c1cc(-c2ccco2)nn1-c1ccc(Cl)cc1. The predicted octanol–water partition coefficient (Wildman–Crippen LogP) is 5.54. The van der Waals surface area contributed by atoms with Crippen molar-refractivity contribution in [3.8, 4) is 17.1 Å². The summed E-state index contributed by atoms with van der Waals surface area (Å²) in [7, 11) is 0. The molecule has 0 aliphatic heterocycles. The number of aryl methyl sites for hydroxylation is 1. The molecule has 0 unspecified atom stereocenters. The molecule has 2 heterocycles. The number of nitrogens with one attached hydrogen (secondary N) is 1. The zero-order valence-corrected chi connectivity index (χ0v) is 17.3. The van der Waals surface area contributed by atoms with Crippen LogP contribution in [-0.4, -0.2) is 21.7 Å². The monoisotopic (exact) mass is 419 g/mol. The van der Waals surface area contributed by atoms with Gasteiger partial charge in [0.25, 0.3) is 5.91 Å². The molecule has 6 heteroatoms. The van der Waals surface area contributed by atoms with Crippen molar-refractivity contribution in [3.05, 3.63) is 95.3 Å². The Morgan fingerprint density at radius 2 is 1.87 bits per heavy atom. The molecule has 0 aliphatic rings. The van der Waals surface area contributed by atoms with E-state index in [2.05, 4.69) is 22.5 Å². The number of halogens is 1. The van der Waals surface area contributed by atoms with Crippen LogP contribution in [0.2, 0.25) is 5.02 Å². The molecule has 5 nitrogen and oxygen atoms in total. The highest BCUT2D eigenvalue weighted by Crippen LogP contribution is 2.23. The van der Waals surface area contributed by atoms with Crippen molar-refractivity contribution in [1.29, 1.82) is 0 Å². The van der Waals surface area contributed by atoms with E-state index in [1.54, 1.807) is 35.2 Å². The molecule has 0 saturated heterocycles. The number of benzene rings is 2. The molecule has 0 saturated carbocycles. The first-order valence-electron chi connectivity index (χ1n) is 9.85. The van der Waals surface area contributed by atoms with Gasteiger partial charge in [0, 0.05) is 17.1 Å². The molecule has 4 rings (SSSR count). The normalized spacial score (nSPS) is 11.9. The van der Waals surface area contributed by atoms with Gasteiger partial charge in [-0.2, -0.15) is 5.10 Å². The van der Waals surface area contributed by atoms with Crippen molar-refractivity contribution in [3.63, 3.8) is 0 Å². The third kappa shape index (κ3) is 4.63. The van der Waals surface area contributed by atoms with E-state index in [0.717, 1.165) is 18.5 Å². The molecule has 0 radical (unpaired) electrons. The van der Waals surface area contributed by atoms with E-state index in [1.165, 1.54) is 5.56 Å². The van der Waals surface area contributed by atoms with Gasteiger partial charge in [-0.1, -0.05) is 41.9 Å². The minimum absolute atomic E-state index is 0.0123. The van der Waals surface area contributed by atoms with E-state index in [4.69, 9.17) is 16.0 Å². The van der Waals surface area contributed by atoms with Crippen LogP contribution in [0, 0.1) is 0 Å². The van der Waals surface area contributed by atoms with Crippen molar-refractivity contribution in [1.82, 2.24) is 15.1 Å². The highest BCUT2D eigenvalue weighted by atomic mass is 35.5. The van der Waals surface area contributed by atoms with Crippen LogP contribution in [0.25, 0.3) is 17.1 Å². The summed E-state index contributed by atoms with van der Waals surface area (Å²) in [6.45, 7) is 2.01. The van der Waals surface area contributed by atoms with Gasteiger partial charge in [0.2, 0.25) is 0 Å². The van der Waals surface area contributed by atoms with Crippen molar-refractivity contribution in [2.45, 2.75) is 25.8 Å². The Kier molecular flexibility index (Phi) is 6.00. The van der Waals surface area contributed by atoms with Gasteiger partial charge in [0.1, 0.15) is 11.4 Å². The van der Waals surface area contributed by atoms with Gasteiger partial charge in [0.15, 0.2) is 5.76 Å². The Bertz CT molecular complexity index is 1100. The highest BCUT2D eigenvalue weighted by molar-refractivity contribution is 6.30. The van der Waals surface area contributed by atoms with Crippen molar-refractivity contribution in [2.24, 2.45) is 0 Å². The number of hydrogen-bond donors (Lipinski definition) is 1. The molecular weight excluding hydrogens is 398 g/mol. The molecule has 30 heavy (non-hydrogen) atoms. The summed E-state index contributed by atoms with van der Waals surface area (Å²) >= 11 is 6.02. The Hall–Kier alpha value is -3.31. The average molecular weight is 420 g/mol. The molecule has 0 spiro atoms. The fourth-order valence-electron chi connectivity index (χ4n) is 3.26. The molecular formula is C24H22ClN3O2. The highest BCUT2D eigenvalue weighted by Gasteiger charge is 2.20. The molecule has 4 aromatic rings. The third-order valence-corrected chi connectivity index (χ3v) is 5.13. The summed E-state index contributed by atoms with van der Waals surface area (Å²) in [5, 5.41) is 8.31. The van der Waals surface area contributed by atoms with Gasteiger partial charge in [-0.15, -0.1) is 0 Å². The first kappa shape index (κ1) is 20.0. The Balaban J connectivity index is 1.55. The number of carbonyl (C=O) groups is 1. The van der Waals surface area contributed by atoms with Crippen LogP contribution in [0.5, 0.6) is 0 Å². The maximum absolute atomic E-state index is 13.1. The van der Waals surface area contributed by atoms with Gasteiger partial charge in [-0.25, -0.2) is 4.68 Å². The lowest BCUT2D eigenvalue weighted by molar-refractivity contribution is 0.0930.